The minimum atomic E-state index is -0.0660. The molecule has 0 aliphatic heterocycles. The van der Waals surface area contributed by atoms with Crippen molar-refractivity contribution in [1.29, 1.82) is 0 Å². The summed E-state index contributed by atoms with van der Waals surface area (Å²) >= 11 is 1.45. The standard InChI is InChI=1S/C19H16N4OS/c1-13-9-11-25-18(13)19(24)20-15-7-5-14(6-8-15)12-17-22-21-16-4-2-3-10-23(16)17/h2-11H,12H2,1H3,(H,20,24). The third kappa shape index (κ3) is 3.16. The molecule has 1 aromatic carbocycles. The molecular weight excluding hydrogens is 332 g/mol. The molecular formula is C19H16N4OS. The number of carbonyl (C=O) groups is 1. The molecule has 3 aromatic heterocycles. The molecule has 0 saturated carbocycles. The molecule has 0 saturated heterocycles. The number of anilines is 1. The maximum absolute atomic E-state index is 12.3. The van der Waals surface area contributed by atoms with E-state index in [0.29, 0.717) is 6.42 Å². The van der Waals surface area contributed by atoms with Gasteiger partial charge < -0.3 is 5.32 Å². The Balaban J connectivity index is 1.49. The van der Waals surface area contributed by atoms with Crippen LogP contribution >= 0.6 is 11.3 Å². The number of aryl methyl sites for hydroxylation is 1. The highest BCUT2D eigenvalue weighted by Crippen LogP contribution is 2.19. The molecule has 0 bridgehead atoms. The first-order valence-electron chi connectivity index (χ1n) is 7.94. The molecule has 4 rings (SSSR count). The molecule has 6 heteroatoms. The van der Waals surface area contributed by atoms with Crippen LogP contribution in [0.3, 0.4) is 0 Å². The van der Waals surface area contributed by atoms with Crippen molar-refractivity contribution in [2.24, 2.45) is 0 Å². The summed E-state index contributed by atoms with van der Waals surface area (Å²) in [5, 5.41) is 13.3. The van der Waals surface area contributed by atoms with E-state index in [0.717, 1.165) is 33.2 Å². The lowest BCUT2D eigenvalue weighted by atomic mass is 10.1. The Labute approximate surface area is 149 Å². The predicted molar refractivity (Wildman–Crippen MR) is 99.2 cm³/mol. The molecule has 0 spiro atoms. The second-order valence-electron chi connectivity index (χ2n) is 5.81. The normalized spacial score (nSPS) is 10.9. The molecule has 1 amide bonds. The van der Waals surface area contributed by atoms with Crippen LogP contribution in [0.5, 0.6) is 0 Å². The first-order valence-corrected chi connectivity index (χ1v) is 8.82. The van der Waals surface area contributed by atoms with Gasteiger partial charge in [0.15, 0.2) is 5.65 Å². The number of nitrogens with zero attached hydrogens (tertiary/aromatic N) is 3. The van der Waals surface area contributed by atoms with Crippen LogP contribution in [0.25, 0.3) is 5.65 Å². The summed E-state index contributed by atoms with van der Waals surface area (Å²) in [6.45, 7) is 1.94. The van der Waals surface area contributed by atoms with Crippen LogP contribution < -0.4 is 5.32 Å². The smallest absolute Gasteiger partial charge is 0.265 e. The van der Waals surface area contributed by atoms with Crippen molar-refractivity contribution in [2.75, 3.05) is 5.32 Å². The van der Waals surface area contributed by atoms with Gasteiger partial charge in [0.1, 0.15) is 5.82 Å². The van der Waals surface area contributed by atoms with E-state index < -0.39 is 0 Å². The molecule has 0 aliphatic rings. The first-order chi connectivity index (χ1) is 12.2. The number of hydrogen-bond acceptors (Lipinski definition) is 4. The summed E-state index contributed by atoms with van der Waals surface area (Å²) < 4.78 is 1.98. The Morgan fingerprint density at radius 1 is 1.12 bits per heavy atom. The van der Waals surface area contributed by atoms with Crippen LogP contribution in [0, 0.1) is 6.92 Å². The summed E-state index contributed by atoms with van der Waals surface area (Å²) in [7, 11) is 0. The van der Waals surface area contributed by atoms with Gasteiger partial charge in [0.2, 0.25) is 0 Å². The summed E-state index contributed by atoms with van der Waals surface area (Å²) in [6, 6.07) is 15.6. The number of thiophene rings is 1. The highest BCUT2D eigenvalue weighted by molar-refractivity contribution is 7.12. The van der Waals surface area contributed by atoms with Crippen molar-refractivity contribution in [2.45, 2.75) is 13.3 Å². The number of benzene rings is 1. The average molecular weight is 348 g/mol. The molecule has 124 valence electrons. The third-order valence-corrected chi connectivity index (χ3v) is 5.04. The molecule has 1 N–H and O–H groups in total. The Morgan fingerprint density at radius 2 is 1.96 bits per heavy atom. The van der Waals surface area contributed by atoms with Crippen LogP contribution in [-0.2, 0) is 6.42 Å². The van der Waals surface area contributed by atoms with Gasteiger partial charge in [-0.1, -0.05) is 18.2 Å². The van der Waals surface area contributed by atoms with E-state index in [4.69, 9.17) is 0 Å². The highest BCUT2D eigenvalue weighted by atomic mass is 32.1. The van der Waals surface area contributed by atoms with Crippen LogP contribution in [0.2, 0.25) is 0 Å². The van der Waals surface area contributed by atoms with Gasteiger partial charge in [-0.3, -0.25) is 9.20 Å². The molecule has 4 aromatic rings. The van der Waals surface area contributed by atoms with Crippen LogP contribution in [-0.4, -0.2) is 20.5 Å². The minimum absolute atomic E-state index is 0.0660. The number of amides is 1. The zero-order chi connectivity index (χ0) is 17.2. The maximum atomic E-state index is 12.3. The lowest BCUT2D eigenvalue weighted by molar-refractivity contribution is 0.103. The van der Waals surface area contributed by atoms with Gasteiger partial charge in [-0.15, -0.1) is 21.5 Å². The van der Waals surface area contributed by atoms with E-state index in [1.807, 2.05) is 71.4 Å². The van der Waals surface area contributed by atoms with Gasteiger partial charge in [-0.25, -0.2) is 0 Å². The second kappa shape index (κ2) is 6.49. The Morgan fingerprint density at radius 3 is 2.72 bits per heavy atom. The van der Waals surface area contributed by atoms with E-state index in [1.54, 1.807) is 0 Å². The molecule has 5 nitrogen and oxygen atoms in total. The zero-order valence-electron chi connectivity index (χ0n) is 13.6. The van der Waals surface area contributed by atoms with Crippen LogP contribution in [0.4, 0.5) is 5.69 Å². The van der Waals surface area contributed by atoms with Crippen molar-refractivity contribution in [3.63, 3.8) is 0 Å². The topological polar surface area (TPSA) is 59.3 Å². The Bertz CT molecular complexity index is 1030. The van der Waals surface area contributed by atoms with Crippen molar-refractivity contribution >= 4 is 28.6 Å². The monoisotopic (exact) mass is 348 g/mol. The molecule has 0 radical (unpaired) electrons. The predicted octanol–water partition coefficient (Wildman–Crippen LogP) is 3.94. The number of hydrogen-bond donors (Lipinski definition) is 1. The first kappa shape index (κ1) is 15.5. The van der Waals surface area contributed by atoms with Crippen molar-refractivity contribution in [3.05, 3.63) is 81.9 Å². The third-order valence-electron chi connectivity index (χ3n) is 4.03. The molecule has 0 unspecified atom stereocenters. The van der Waals surface area contributed by atoms with Gasteiger partial charge in [0.25, 0.3) is 5.91 Å². The molecule has 0 fully saturated rings. The Hall–Kier alpha value is -2.99. The largest absolute Gasteiger partial charge is 0.321 e. The fourth-order valence-corrected chi connectivity index (χ4v) is 3.51. The second-order valence-corrected chi connectivity index (χ2v) is 6.72. The highest BCUT2D eigenvalue weighted by Gasteiger charge is 2.11. The number of carbonyl (C=O) groups excluding carboxylic acids is 1. The maximum Gasteiger partial charge on any atom is 0.265 e. The van der Waals surface area contributed by atoms with E-state index in [2.05, 4.69) is 15.5 Å². The SMILES string of the molecule is Cc1ccsc1C(=O)Nc1ccc(Cc2nnc3ccccn23)cc1. The molecule has 3 heterocycles. The van der Waals surface area contributed by atoms with Gasteiger partial charge >= 0.3 is 0 Å². The average Bonchev–Trinajstić information content (AvgIpc) is 3.23. The number of aromatic nitrogens is 3. The van der Waals surface area contributed by atoms with Crippen LogP contribution in [0.1, 0.15) is 26.6 Å². The summed E-state index contributed by atoms with van der Waals surface area (Å²) in [6.07, 6.45) is 2.64. The van der Waals surface area contributed by atoms with Crippen molar-refractivity contribution in [1.82, 2.24) is 14.6 Å². The number of fused-ring (bicyclic) bond motifs is 1. The van der Waals surface area contributed by atoms with Crippen molar-refractivity contribution < 1.29 is 4.79 Å². The lowest BCUT2D eigenvalue weighted by Gasteiger charge is -2.06. The van der Waals surface area contributed by atoms with E-state index in [1.165, 1.54) is 11.3 Å². The quantitative estimate of drug-likeness (QED) is 0.608. The fraction of sp³-hybridized carbons (Fsp3) is 0.105. The van der Waals surface area contributed by atoms with E-state index >= 15 is 0 Å². The van der Waals surface area contributed by atoms with Gasteiger partial charge in [-0.05, 0) is 53.8 Å². The van der Waals surface area contributed by atoms with Gasteiger partial charge in [0, 0.05) is 18.3 Å². The van der Waals surface area contributed by atoms with E-state index in [9.17, 15) is 4.79 Å². The van der Waals surface area contributed by atoms with Gasteiger partial charge in [0.05, 0.1) is 4.88 Å². The molecule has 0 aliphatic carbocycles. The molecule has 0 atom stereocenters. The fourth-order valence-electron chi connectivity index (χ4n) is 2.69. The molecule has 25 heavy (non-hydrogen) atoms. The van der Waals surface area contributed by atoms with Crippen LogP contribution in [0.15, 0.2) is 60.1 Å². The zero-order valence-corrected chi connectivity index (χ0v) is 14.5. The lowest BCUT2D eigenvalue weighted by Crippen LogP contribution is -2.11. The Kier molecular flexibility index (Phi) is 4.03. The number of pyridine rings is 1. The van der Waals surface area contributed by atoms with E-state index in [-0.39, 0.29) is 5.91 Å². The summed E-state index contributed by atoms with van der Waals surface area (Å²) in [5.74, 6) is 0.824. The minimum Gasteiger partial charge on any atom is -0.321 e. The van der Waals surface area contributed by atoms with Gasteiger partial charge in [-0.2, -0.15) is 0 Å². The summed E-state index contributed by atoms with van der Waals surface area (Å²) in [5.41, 5.74) is 3.74. The number of nitrogens with one attached hydrogen (secondary N) is 1. The summed E-state index contributed by atoms with van der Waals surface area (Å²) in [4.78, 5) is 13.0. The number of rotatable bonds is 4. The van der Waals surface area contributed by atoms with Crippen molar-refractivity contribution in [3.8, 4) is 0 Å².